The molecule has 0 heterocycles. The van der Waals surface area contributed by atoms with Crippen LogP contribution in [0.1, 0.15) is 51.4 Å². The molecule has 0 aliphatic heterocycles. The highest BCUT2D eigenvalue weighted by Gasteiger charge is 2.27. The lowest BCUT2D eigenvalue weighted by molar-refractivity contribution is -0.126. The van der Waals surface area contributed by atoms with Gasteiger partial charge in [-0.2, -0.15) is 8.42 Å². The van der Waals surface area contributed by atoms with E-state index < -0.39 is 43.8 Å². The minimum atomic E-state index is -4.10. The Morgan fingerprint density at radius 3 is 1.17 bits per heavy atom. The van der Waals surface area contributed by atoms with Gasteiger partial charge in [0.2, 0.25) is 11.8 Å². The van der Waals surface area contributed by atoms with Gasteiger partial charge < -0.3 is 29.6 Å². The van der Waals surface area contributed by atoms with E-state index in [4.69, 9.17) is 46.7 Å². The van der Waals surface area contributed by atoms with Crippen molar-refractivity contribution < 1.29 is 59.5 Å². The van der Waals surface area contributed by atoms with Crippen LogP contribution in [0.2, 0.25) is 10.0 Å². The van der Waals surface area contributed by atoms with E-state index in [1.165, 1.54) is 9.80 Å². The van der Waals surface area contributed by atoms with E-state index in [0.29, 0.717) is 71.1 Å². The second-order valence-electron chi connectivity index (χ2n) is 17.9. The maximum Gasteiger partial charge on any atom is 0.418 e. The number of halogens is 2. The maximum atomic E-state index is 13.1. The van der Waals surface area contributed by atoms with Crippen LogP contribution in [0.5, 0.6) is 0 Å². The van der Waals surface area contributed by atoms with Crippen LogP contribution < -0.4 is 20.4 Å². The van der Waals surface area contributed by atoms with Crippen molar-refractivity contribution in [2.45, 2.75) is 51.4 Å². The van der Waals surface area contributed by atoms with Gasteiger partial charge in [0.25, 0.3) is 10.1 Å². The number of rotatable bonds is 22. The first kappa shape index (κ1) is 57.6. The van der Waals surface area contributed by atoms with Crippen molar-refractivity contribution in [2.75, 3.05) is 80.3 Å². The number of ether oxygens (including phenoxy) is 4. The molecule has 4 aromatic carbocycles. The van der Waals surface area contributed by atoms with Crippen LogP contribution in [0.4, 0.5) is 32.3 Å². The van der Waals surface area contributed by atoms with E-state index in [-0.39, 0.29) is 49.8 Å². The van der Waals surface area contributed by atoms with Crippen molar-refractivity contribution >= 4 is 89.9 Å². The number of anilines is 4. The fraction of sp³-hybridized carbons (Fsp3) is 0.451. The molecule has 0 atom stereocenters. The highest BCUT2D eigenvalue weighted by molar-refractivity contribution is 7.90. The van der Waals surface area contributed by atoms with E-state index in [9.17, 15) is 36.0 Å². The minimum Gasteiger partial charge on any atom is -0.449 e. The third kappa shape index (κ3) is 21.4. The first-order valence-corrected chi connectivity index (χ1v) is 28.2. The molecule has 2 aliphatic rings. The molecule has 21 heteroatoms. The molecular weight excluding hydrogens is 1010 g/mol. The predicted octanol–water partition coefficient (Wildman–Crippen LogP) is 9.04. The van der Waals surface area contributed by atoms with Crippen molar-refractivity contribution in [3.05, 3.63) is 119 Å². The third-order valence-electron chi connectivity index (χ3n) is 12.0. The summed E-state index contributed by atoms with van der Waals surface area (Å²) >= 11 is 12.0. The van der Waals surface area contributed by atoms with Gasteiger partial charge in [-0.15, -0.1) is 0 Å². The molecule has 0 radical (unpaired) electrons. The second-order valence-corrected chi connectivity index (χ2v) is 22.6. The standard InChI is InChI=1S/C26H33ClN2O6S.C25H31ClN2O7S/c1-36(32,33)16-15-28-25(30)19-34-17-20-7-9-21(10-8-20)18-35-26(31)29(23-5-3-2-4-6-23)24-13-11-22(27)12-14-24;26-21-10-12-23(13-11-21)28(22-4-2-1-3-5-22)25(30)35-17-20-8-6-19(7-9-20)16-34-18-24(29)27-14-15-36(31,32)33/h2-6,11-14,20-21H,7-10,15-19H2,1H3,(H,28,30);1-5,10-13,19-20H,6-9,14-18H2,(H,27,29)(H,31,32,33). The lowest BCUT2D eigenvalue weighted by Gasteiger charge is -2.29. The summed E-state index contributed by atoms with van der Waals surface area (Å²) in [5, 5.41) is 6.10. The Morgan fingerprint density at radius 1 is 0.514 bits per heavy atom. The van der Waals surface area contributed by atoms with Gasteiger partial charge in [0.1, 0.15) is 23.1 Å². The zero-order valence-corrected chi connectivity index (χ0v) is 43.4. The largest absolute Gasteiger partial charge is 0.449 e. The van der Waals surface area contributed by atoms with Gasteiger partial charge in [-0.05, 0) is 148 Å². The van der Waals surface area contributed by atoms with E-state index in [2.05, 4.69) is 10.6 Å². The Labute approximate surface area is 432 Å². The summed E-state index contributed by atoms with van der Waals surface area (Å²) in [4.78, 5) is 52.6. The van der Waals surface area contributed by atoms with Crippen LogP contribution in [0, 0.1) is 23.7 Å². The van der Waals surface area contributed by atoms with Gasteiger partial charge in [0.15, 0.2) is 0 Å². The SMILES string of the molecule is CS(=O)(=O)CCNC(=O)COCC1CCC(COC(=O)N(c2ccccc2)c2ccc(Cl)cc2)CC1.O=C(COCC1CCC(COC(=O)N(c2ccccc2)c2ccc(Cl)cc2)CC1)NCCS(=O)(=O)O. The molecule has 0 aromatic heterocycles. The molecule has 4 amide bonds. The average Bonchev–Trinajstić information content (AvgIpc) is 3.35. The van der Waals surface area contributed by atoms with E-state index in [1.54, 1.807) is 48.5 Å². The van der Waals surface area contributed by atoms with Crippen LogP contribution in [-0.4, -0.2) is 116 Å². The molecule has 72 heavy (non-hydrogen) atoms. The van der Waals surface area contributed by atoms with Gasteiger partial charge in [0.05, 0.1) is 60.7 Å². The van der Waals surface area contributed by atoms with Gasteiger partial charge in [-0.3, -0.25) is 14.1 Å². The van der Waals surface area contributed by atoms with Crippen LogP contribution in [-0.2, 0) is 48.5 Å². The Morgan fingerprint density at radius 2 is 0.833 bits per heavy atom. The fourth-order valence-electron chi connectivity index (χ4n) is 8.13. The number of amides is 4. The topological polar surface area (TPSA) is 224 Å². The Bertz CT molecular complexity index is 2350. The smallest absolute Gasteiger partial charge is 0.418 e. The molecule has 0 unspecified atom stereocenters. The first-order valence-electron chi connectivity index (χ1n) is 23.8. The molecule has 2 aliphatic carbocycles. The van der Waals surface area contributed by atoms with Gasteiger partial charge in [0, 0.05) is 29.4 Å². The number of para-hydroxylation sites is 2. The monoisotopic (exact) mass is 1070 g/mol. The number of hydrogen-bond donors (Lipinski definition) is 3. The molecule has 17 nitrogen and oxygen atoms in total. The van der Waals surface area contributed by atoms with Gasteiger partial charge in [-0.1, -0.05) is 59.6 Å². The highest BCUT2D eigenvalue weighted by Crippen LogP contribution is 2.33. The summed E-state index contributed by atoms with van der Waals surface area (Å²) in [5.41, 5.74) is 2.76. The van der Waals surface area contributed by atoms with Crippen molar-refractivity contribution in [3.8, 4) is 0 Å². The first-order chi connectivity index (χ1) is 34.4. The number of carbonyl (C=O) groups excluding carboxylic acids is 4. The molecule has 392 valence electrons. The summed E-state index contributed by atoms with van der Waals surface area (Å²) in [7, 11) is -7.20. The molecule has 3 N–H and O–H groups in total. The Hall–Kier alpha value is -5.28. The minimum absolute atomic E-state index is 0.0820. The number of sulfone groups is 1. The molecule has 2 saturated carbocycles. The van der Waals surface area contributed by atoms with E-state index in [0.717, 1.165) is 57.6 Å². The summed E-state index contributed by atoms with van der Waals surface area (Å²) in [6.07, 6.45) is 7.48. The van der Waals surface area contributed by atoms with Crippen molar-refractivity contribution in [1.29, 1.82) is 0 Å². The lowest BCUT2D eigenvalue weighted by atomic mass is 9.83. The van der Waals surface area contributed by atoms with Crippen molar-refractivity contribution in [2.24, 2.45) is 23.7 Å². The number of benzene rings is 4. The normalized spacial score (nSPS) is 17.8. The van der Waals surface area contributed by atoms with Crippen molar-refractivity contribution in [3.63, 3.8) is 0 Å². The van der Waals surface area contributed by atoms with Crippen LogP contribution >= 0.6 is 23.2 Å². The van der Waals surface area contributed by atoms with Gasteiger partial charge in [-0.25, -0.2) is 27.8 Å². The molecule has 6 rings (SSSR count). The zero-order chi connectivity index (χ0) is 51.9. The van der Waals surface area contributed by atoms with Gasteiger partial charge >= 0.3 is 12.2 Å². The third-order valence-corrected chi connectivity index (χ3v) is 14.2. The number of hydrogen-bond acceptors (Lipinski definition) is 12. The summed E-state index contributed by atoms with van der Waals surface area (Å²) in [6, 6.07) is 32.7. The maximum absolute atomic E-state index is 13.1. The van der Waals surface area contributed by atoms with Crippen molar-refractivity contribution in [1.82, 2.24) is 10.6 Å². The predicted molar refractivity (Wildman–Crippen MR) is 277 cm³/mol. The Balaban J connectivity index is 0.000000267. The number of nitrogens with one attached hydrogen (secondary N) is 2. The number of carbonyl (C=O) groups is 4. The molecule has 0 spiro atoms. The summed E-state index contributed by atoms with van der Waals surface area (Å²) < 4.78 is 74.6. The van der Waals surface area contributed by atoms with Crippen LogP contribution in [0.3, 0.4) is 0 Å². The molecule has 2 fully saturated rings. The molecule has 0 bridgehead atoms. The quantitative estimate of drug-likeness (QED) is 0.0626. The highest BCUT2D eigenvalue weighted by atomic mass is 35.5. The van der Waals surface area contributed by atoms with Crippen LogP contribution in [0.15, 0.2) is 109 Å². The van der Waals surface area contributed by atoms with Crippen LogP contribution in [0.25, 0.3) is 0 Å². The number of nitrogens with zero attached hydrogens (tertiary/aromatic N) is 2. The Kier molecular flexibility index (Phi) is 23.5. The van der Waals surface area contributed by atoms with E-state index >= 15 is 0 Å². The molecule has 0 saturated heterocycles. The summed E-state index contributed by atoms with van der Waals surface area (Å²) in [6.45, 7) is 1.24. The molecule has 4 aromatic rings. The zero-order valence-electron chi connectivity index (χ0n) is 40.2. The fourth-order valence-corrected chi connectivity index (χ4v) is 9.21. The van der Waals surface area contributed by atoms with E-state index in [1.807, 2.05) is 60.7 Å². The summed E-state index contributed by atoms with van der Waals surface area (Å²) in [5.74, 6) is -0.199. The lowest BCUT2D eigenvalue weighted by Crippen LogP contribution is -2.33. The molecular formula is C51H64Cl2N4O13S2. The second kappa shape index (κ2) is 29.4. The average molecular weight is 1080 g/mol.